The number of nitrogens with one attached hydrogen (secondary N) is 1. The molecule has 4 aliphatic carbocycles. The summed E-state index contributed by atoms with van der Waals surface area (Å²) in [6.07, 6.45) is 9.95. The van der Waals surface area contributed by atoms with Gasteiger partial charge in [-0.2, -0.15) is 5.10 Å². The molecule has 108 valence electrons. The molecule has 1 aliphatic heterocycles. The van der Waals surface area contributed by atoms with Crippen LogP contribution < -0.4 is 5.32 Å². The summed E-state index contributed by atoms with van der Waals surface area (Å²) in [6.45, 7) is 4.42. The molecule has 4 saturated carbocycles. The molecule has 1 aromatic rings. The zero-order valence-electron chi connectivity index (χ0n) is 12.4. The molecular formula is C17H25N3. The van der Waals surface area contributed by atoms with Crippen LogP contribution in [0.15, 0.2) is 6.20 Å². The molecule has 20 heavy (non-hydrogen) atoms. The number of nitrogens with zero attached hydrogens (tertiary/aromatic N) is 2. The van der Waals surface area contributed by atoms with E-state index in [9.17, 15) is 0 Å². The highest BCUT2D eigenvalue weighted by atomic mass is 15.3. The Hall–Kier alpha value is -0.830. The second kappa shape index (κ2) is 4.09. The van der Waals surface area contributed by atoms with Crippen LogP contribution in [-0.2, 0) is 13.1 Å². The molecular weight excluding hydrogens is 246 g/mol. The summed E-state index contributed by atoms with van der Waals surface area (Å²) in [5.74, 6) is 5.05. The standard InChI is InChI=1S/C17H25N3/c1-10(20-9-15-7-18-8-16(15)19-20)17-13-3-11-2-12(5-13)6-14(17)4-11/h9-14,17-18H,2-8H2,1H3. The van der Waals surface area contributed by atoms with Crippen molar-refractivity contribution in [3.8, 4) is 0 Å². The molecule has 4 bridgehead atoms. The Bertz CT molecular complexity index is 483. The van der Waals surface area contributed by atoms with Gasteiger partial charge in [0.05, 0.1) is 11.7 Å². The van der Waals surface area contributed by atoms with Gasteiger partial charge in [-0.05, 0) is 68.6 Å². The predicted octanol–water partition coefficient (Wildman–Crippen LogP) is 3.12. The summed E-state index contributed by atoms with van der Waals surface area (Å²) in [7, 11) is 0. The highest BCUT2D eigenvalue weighted by Crippen LogP contribution is 2.59. The van der Waals surface area contributed by atoms with E-state index in [0.29, 0.717) is 6.04 Å². The lowest BCUT2D eigenvalue weighted by molar-refractivity contribution is -0.0572. The van der Waals surface area contributed by atoms with Gasteiger partial charge in [0.15, 0.2) is 0 Å². The average Bonchev–Trinajstić information content (AvgIpc) is 2.97. The fourth-order valence-electron chi connectivity index (χ4n) is 6.22. The van der Waals surface area contributed by atoms with Crippen molar-refractivity contribution >= 4 is 0 Å². The third-order valence-electron chi connectivity index (χ3n) is 6.78. The quantitative estimate of drug-likeness (QED) is 0.895. The Morgan fingerprint density at radius 3 is 2.45 bits per heavy atom. The van der Waals surface area contributed by atoms with Crippen molar-refractivity contribution in [2.45, 2.75) is 58.2 Å². The summed E-state index contributed by atoms with van der Waals surface area (Å²) < 4.78 is 2.32. The molecule has 0 spiro atoms. The van der Waals surface area contributed by atoms with E-state index in [1.54, 1.807) is 6.42 Å². The van der Waals surface area contributed by atoms with Gasteiger partial charge in [-0.25, -0.2) is 0 Å². The van der Waals surface area contributed by atoms with E-state index >= 15 is 0 Å². The average molecular weight is 271 g/mol. The molecule has 0 saturated heterocycles. The van der Waals surface area contributed by atoms with E-state index < -0.39 is 0 Å². The zero-order chi connectivity index (χ0) is 13.3. The van der Waals surface area contributed by atoms with Crippen LogP contribution in [0, 0.1) is 29.6 Å². The Morgan fingerprint density at radius 2 is 1.80 bits per heavy atom. The number of fused-ring (bicyclic) bond motifs is 1. The van der Waals surface area contributed by atoms with Gasteiger partial charge in [-0.3, -0.25) is 4.68 Å². The van der Waals surface area contributed by atoms with Crippen molar-refractivity contribution in [1.29, 1.82) is 0 Å². The fraction of sp³-hybridized carbons (Fsp3) is 0.824. The van der Waals surface area contributed by atoms with Crippen molar-refractivity contribution in [3.05, 3.63) is 17.5 Å². The van der Waals surface area contributed by atoms with Crippen LogP contribution in [0.3, 0.4) is 0 Å². The number of aromatic nitrogens is 2. The van der Waals surface area contributed by atoms with Gasteiger partial charge in [-0.1, -0.05) is 0 Å². The predicted molar refractivity (Wildman–Crippen MR) is 78.0 cm³/mol. The third-order valence-corrected chi connectivity index (χ3v) is 6.78. The topological polar surface area (TPSA) is 29.9 Å². The molecule has 0 radical (unpaired) electrons. The van der Waals surface area contributed by atoms with Crippen LogP contribution in [0.1, 0.15) is 56.3 Å². The van der Waals surface area contributed by atoms with E-state index in [2.05, 4.69) is 23.1 Å². The maximum Gasteiger partial charge on any atom is 0.0807 e. The van der Waals surface area contributed by atoms with E-state index in [4.69, 9.17) is 5.10 Å². The summed E-state index contributed by atoms with van der Waals surface area (Å²) in [6, 6.07) is 0.607. The van der Waals surface area contributed by atoms with Crippen molar-refractivity contribution < 1.29 is 0 Å². The molecule has 3 heteroatoms. The Morgan fingerprint density at radius 1 is 1.10 bits per heavy atom. The first kappa shape index (κ1) is 11.8. The molecule has 1 aromatic heterocycles. The molecule has 5 aliphatic rings. The summed E-state index contributed by atoms with van der Waals surface area (Å²) in [4.78, 5) is 0. The first-order chi connectivity index (χ1) is 9.78. The molecule has 3 nitrogen and oxygen atoms in total. The van der Waals surface area contributed by atoms with E-state index in [1.807, 2.05) is 0 Å². The zero-order valence-corrected chi connectivity index (χ0v) is 12.4. The summed E-state index contributed by atoms with van der Waals surface area (Å²) in [5.41, 5.74) is 2.72. The molecule has 1 unspecified atom stereocenters. The van der Waals surface area contributed by atoms with Crippen molar-refractivity contribution in [1.82, 2.24) is 15.1 Å². The van der Waals surface area contributed by atoms with Gasteiger partial charge in [0.2, 0.25) is 0 Å². The number of hydrogen-bond acceptors (Lipinski definition) is 2. The lowest BCUT2D eigenvalue weighted by atomic mass is 9.50. The van der Waals surface area contributed by atoms with E-state index in [-0.39, 0.29) is 0 Å². The molecule has 0 amide bonds. The SMILES string of the molecule is CC(C1C2CC3CC(C2)CC1C3)n1cc2c(n1)CNC2. The van der Waals surface area contributed by atoms with Crippen molar-refractivity contribution in [2.75, 3.05) is 0 Å². The molecule has 1 atom stereocenters. The van der Waals surface area contributed by atoms with Crippen LogP contribution >= 0.6 is 0 Å². The Kier molecular flexibility index (Phi) is 2.41. The minimum absolute atomic E-state index is 0.607. The highest BCUT2D eigenvalue weighted by molar-refractivity contribution is 5.21. The Labute approximate surface area is 121 Å². The monoisotopic (exact) mass is 271 g/mol. The number of hydrogen-bond donors (Lipinski definition) is 1. The molecule has 0 aromatic carbocycles. The smallest absolute Gasteiger partial charge is 0.0807 e. The minimum atomic E-state index is 0.607. The van der Waals surface area contributed by atoms with Crippen LogP contribution in [0.25, 0.3) is 0 Å². The van der Waals surface area contributed by atoms with Crippen molar-refractivity contribution in [2.24, 2.45) is 29.6 Å². The first-order valence-corrected chi connectivity index (χ1v) is 8.55. The summed E-state index contributed by atoms with van der Waals surface area (Å²) >= 11 is 0. The molecule has 6 rings (SSSR count). The largest absolute Gasteiger partial charge is 0.307 e. The maximum absolute atomic E-state index is 4.88. The van der Waals surface area contributed by atoms with Gasteiger partial charge < -0.3 is 5.32 Å². The van der Waals surface area contributed by atoms with Gasteiger partial charge in [-0.15, -0.1) is 0 Å². The van der Waals surface area contributed by atoms with Crippen molar-refractivity contribution in [3.63, 3.8) is 0 Å². The van der Waals surface area contributed by atoms with E-state index in [1.165, 1.54) is 36.9 Å². The lowest BCUT2D eigenvalue weighted by Gasteiger charge is -2.56. The van der Waals surface area contributed by atoms with Gasteiger partial charge in [0.1, 0.15) is 0 Å². The third kappa shape index (κ3) is 1.59. The molecule has 2 heterocycles. The van der Waals surface area contributed by atoms with Gasteiger partial charge in [0, 0.05) is 24.8 Å². The van der Waals surface area contributed by atoms with Gasteiger partial charge >= 0.3 is 0 Å². The fourth-order valence-corrected chi connectivity index (χ4v) is 6.22. The van der Waals surface area contributed by atoms with Crippen LogP contribution in [0.5, 0.6) is 0 Å². The van der Waals surface area contributed by atoms with Gasteiger partial charge in [0.25, 0.3) is 0 Å². The van der Waals surface area contributed by atoms with Crippen LogP contribution in [0.2, 0.25) is 0 Å². The second-order valence-corrected chi connectivity index (χ2v) is 7.93. The molecule has 1 N–H and O–H groups in total. The highest BCUT2D eigenvalue weighted by Gasteiger charge is 2.50. The lowest BCUT2D eigenvalue weighted by Crippen LogP contribution is -2.47. The number of rotatable bonds is 2. The van der Waals surface area contributed by atoms with E-state index in [0.717, 1.165) is 42.7 Å². The second-order valence-electron chi connectivity index (χ2n) is 7.93. The Balaban J connectivity index is 1.44. The normalized spacial score (nSPS) is 43.0. The minimum Gasteiger partial charge on any atom is -0.307 e. The summed E-state index contributed by atoms with van der Waals surface area (Å²) in [5, 5.41) is 8.27. The molecule has 4 fully saturated rings. The first-order valence-electron chi connectivity index (χ1n) is 8.55. The van der Waals surface area contributed by atoms with Crippen LogP contribution in [0.4, 0.5) is 0 Å². The van der Waals surface area contributed by atoms with Crippen LogP contribution in [-0.4, -0.2) is 9.78 Å². The maximum atomic E-state index is 4.88.